The molecule has 1 aliphatic carbocycles. The smallest absolute Gasteiger partial charge is 0.263 e. The summed E-state index contributed by atoms with van der Waals surface area (Å²) in [6.07, 6.45) is 4.97. The van der Waals surface area contributed by atoms with Gasteiger partial charge in [0.1, 0.15) is 5.51 Å². The van der Waals surface area contributed by atoms with Crippen LogP contribution in [0.3, 0.4) is 0 Å². The number of amides is 2. The largest absolute Gasteiger partial charge is 0.337 e. The third-order valence-corrected chi connectivity index (χ3v) is 8.02. The van der Waals surface area contributed by atoms with Gasteiger partial charge in [0.2, 0.25) is 11.0 Å². The van der Waals surface area contributed by atoms with Crippen molar-refractivity contribution in [1.82, 2.24) is 15.1 Å². The average Bonchev–Trinajstić information content (AvgIpc) is 3.35. The zero-order valence-corrected chi connectivity index (χ0v) is 18.9. The van der Waals surface area contributed by atoms with Gasteiger partial charge >= 0.3 is 0 Å². The zero-order valence-electron chi connectivity index (χ0n) is 17.2. The molecule has 2 aromatic rings. The van der Waals surface area contributed by atoms with Crippen molar-refractivity contribution in [1.29, 1.82) is 0 Å². The fourth-order valence-corrected chi connectivity index (χ4v) is 5.96. The summed E-state index contributed by atoms with van der Waals surface area (Å²) in [4.78, 5) is 29.8. The molecule has 2 aromatic heterocycles. The standard InChI is InChI=1S/C21H28N4O2S2/c1-21(2,3)15-6-7-16-14(9-15)10-17(29-16)19(27)25-8-4-5-13(11-25)18(26)23-20-24-22-12-28-20/h10,12-13,15H,4-9,11H2,1-3H3,(H,23,24,26)/t13-,15-/m0/s1. The highest BCUT2D eigenvalue weighted by molar-refractivity contribution is 7.14. The summed E-state index contributed by atoms with van der Waals surface area (Å²) in [5, 5.41) is 10.9. The van der Waals surface area contributed by atoms with E-state index >= 15 is 0 Å². The summed E-state index contributed by atoms with van der Waals surface area (Å²) < 4.78 is 0. The molecule has 2 atom stereocenters. The molecule has 1 aliphatic heterocycles. The van der Waals surface area contributed by atoms with Crippen LogP contribution in [0.2, 0.25) is 0 Å². The van der Waals surface area contributed by atoms with Gasteiger partial charge in [-0.2, -0.15) is 0 Å². The number of hydrogen-bond acceptors (Lipinski definition) is 6. The summed E-state index contributed by atoms with van der Waals surface area (Å²) in [7, 11) is 0. The number of aryl methyl sites for hydroxylation is 1. The number of piperidine rings is 1. The van der Waals surface area contributed by atoms with E-state index in [1.807, 2.05) is 4.90 Å². The first-order valence-corrected chi connectivity index (χ1v) is 12.0. The Hall–Kier alpha value is -1.80. The van der Waals surface area contributed by atoms with Gasteiger partial charge in [-0.05, 0) is 55.1 Å². The van der Waals surface area contributed by atoms with E-state index in [1.54, 1.807) is 16.8 Å². The number of fused-ring (bicyclic) bond motifs is 1. The van der Waals surface area contributed by atoms with E-state index in [9.17, 15) is 9.59 Å². The minimum Gasteiger partial charge on any atom is -0.337 e. The number of aromatic nitrogens is 2. The predicted molar refractivity (Wildman–Crippen MR) is 116 cm³/mol. The summed E-state index contributed by atoms with van der Waals surface area (Å²) >= 11 is 2.96. The maximum atomic E-state index is 13.2. The molecule has 6 nitrogen and oxygen atoms in total. The Bertz CT molecular complexity index is 885. The second-order valence-corrected chi connectivity index (χ2v) is 11.2. The SMILES string of the molecule is CC(C)(C)[C@H]1CCc2sc(C(=O)N3CCC[C@H](C(=O)Nc4nncs4)C3)cc2C1. The number of anilines is 1. The fraction of sp³-hybridized carbons (Fsp3) is 0.619. The highest BCUT2D eigenvalue weighted by Gasteiger charge is 2.33. The number of nitrogens with one attached hydrogen (secondary N) is 1. The van der Waals surface area contributed by atoms with Gasteiger partial charge in [-0.3, -0.25) is 9.59 Å². The van der Waals surface area contributed by atoms with E-state index in [1.165, 1.54) is 28.2 Å². The third kappa shape index (κ3) is 4.53. The van der Waals surface area contributed by atoms with Crippen LogP contribution < -0.4 is 5.32 Å². The number of rotatable bonds is 3. The Morgan fingerprint density at radius 3 is 2.83 bits per heavy atom. The summed E-state index contributed by atoms with van der Waals surface area (Å²) in [6.45, 7) is 8.11. The van der Waals surface area contributed by atoms with E-state index in [-0.39, 0.29) is 17.7 Å². The minimum atomic E-state index is -0.198. The number of nitrogens with zero attached hydrogens (tertiary/aromatic N) is 3. The molecule has 29 heavy (non-hydrogen) atoms. The Labute approximate surface area is 179 Å². The van der Waals surface area contributed by atoms with Crippen LogP contribution in [0, 0.1) is 17.3 Å². The lowest BCUT2D eigenvalue weighted by Crippen LogP contribution is -2.43. The van der Waals surface area contributed by atoms with Gasteiger partial charge in [0.15, 0.2) is 0 Å². The van der Waals surface area contributed by atoms with Gasteiger partial charge in [0, 0.05) is 18.0 Å². The molecule has 1 fully saturated rings. The molecule has 156 valence electrons. The Morgan fingerprint density at radius 1 is 1.28 bits per heavy atom. The van der Waals surface area contributed by atoms with Gasteiger partial charge in [0.05, 0.1) is 10.8 Å². The average molecular weight is 433 g/mol. The Kier molecular flexibility index (Phi) is 5.75. The number of likely N-dealkylation sites (tertiary alicyclic amines) is 1. The molecular formula is C21H28N4O2S2. The van der Waals surface area contributed by atoms with Crippen molar-refractivity contribution in [2.45, 2.75) is 52.9 Å². The number of carbonyl (C=O) groups excluding carboxylic acids is 2. The van der Waals surface area contributed by atoms with Gasteiger partial charge in [-0.25, -0.2) is 0 Å². The monoisotopic (exact) mass is 432 g/mol. The van der Waals surface area contributed by atoms with E-state index in [0.717, 1.165) is 30.6 Å². The van der Waals surface area contributed by atoms with E-state index in [2.05, 4.69) is 42.4 Å². The van der Waals surface area contributed by atoms with Crippen molar-refractivity contribution in [2.24, 2.45) is 17.3 Å². The normalized spacial score (nSPS) is 22.2. The lowest BCUT2D eigenvalue weighted by atomic mass is 9.72. The van der Waals surface area contributed by atoms with E-state index in [4.69, 9.17) is 0 Å². The first-order chi connectivity index (χ1) is 13.8. The van der Waals surface area contributed by atoms with Crippen LogP contribution >= 0.6 is 22.7 Å². The summed E-state index contributed by atoms with van der Waals surface area (Å²) in [5.74, 6) is 0.468. The van der Waals surface area contributed by atoms with Crippen molar-refractivity contribution in [2.75, 3.05) is 18.4 Å². The molecule has 0 aromatic carbocycles. The maximum Gasteiger partial charge on any atom is 0.263 e. The molecule has 0 unspecified atom stereocenters. The second kappa shape index (κ2) is 8.14. The van der Waals surface area contributed by atoms with E-state index < -0.39 is 0 Å². The van der Waals surface area contributed by atoms with Crippen molar-refractivity contribution >= 4 is 39.6 Å². The lowest BCUT2D eigenvalue weighted by Gasteiger charge is -2.33. The summed E-state index contributed by atoms with van der Waals surface area (Å²) in [6, 6.07) is 2.12. The minimum absolute atomic E-state index is 0.0715. The molecule has 1 N–H and O–H groups in total. The lowest BCUT2D eigenvalue weighted by molar-refractivity contribution is -0.121. The molecule has 8 heteroatoms. The Morgan fingerprint density at radius 2 is 2.10 bits per heavy atom. The molecule has 4 rings (SSSR count). The molecule has 2 aliphatic rings. The van der Waals surface area contributed by atoms with Crippen molar-refractivity contribution in [3.8, 4) is 0 Å². The molecule has 0 spiro atoms. The van der Waals surface area contributed by atoms with Gasteiger partial charge < -0.3 is 10.2 Å². The number of thiophene rings is 1. The number of carbonyl (C=O) groups is 2. The zero-order chi connectivity index (χ0) is 20.6. The molecule has 0 radical (unpaired) electrons. The van der Waals surface area contributed by atoms with Crippen LogP contribution in [0.4, 0.5) is 5.13 Å². The van der Waals surface area contributed by atoms with Crippen LogP contribution in [0.25, 0.3) is 0 Å². The van der Waals surface area contributed by atoms with Gasteiger partial charge in [0.25, 0.3) is 5.91 Å². The molecule has 1 saturated heterocycles. The van der Waals surface area contributed by atoms with Gasteiger partial charge in [-0.15, -0.1) is 21.5 Å². The van der Waals surface area contributed by atoms with Crippen LogP contribution in [0.5, 0.6) is 0 Å². The van der Waals surface area contributed by atoms with Crippen LogP contribution in [0.15, 0.2) is 11.6 Å². The second-order valence-electron chi connectivity index (χ2n) is 9.19. The Balaban J connectivity index is 1.42. The molecule has 0 saturated carbocycles. The van der Waals surface area contributed by atoms with Crippen LogP contribution in [-0.4, -0.2) is 40.0 Å². The molecule has 2 amide bonds. The predicted octanol–water partition coefficient (Wildman–Crippen LogP) is 4.24. The highest BCUT2D eigenvalue weighted by atomic mass is 32.1. The van der Waals surface area contributed by atoms with Crippen molar-refractivity contribution in [3.63, 3.8) is 0 Å². The van der Waals surface area contributed by atoms with Crippen molar-refractivity contribution in [3.05, 3.63) is 26.9 Å². The fourth-order valence-electron chi connectivity index (χ4n) is 4.33. The first kappa shape index (κ1) is 20.5. The third-order valence-electron chi connectivity index (χ3n) is 6.19. The van der Waals surface area contributed by atoms with Crippen LogP contribution in [0.1, 0.15) is 60.1 Å². The van der Waals surface area contributed by atoms with Gasteiger partial charge in [-0.1, -0.05) is 32.1 Å². The molecule has 3 heterocycles. The highest BCUT2D eigenvalue weighted by Crippen LogP contribution is 2.40. The van der Waals surface area contributed by atoms with Crippen LogP contribution in [-0.2, 0) is 17.6 Å². The molecular weight excluding hydrogens is 404 g/mol. The first-order valence-electron chi connectivity index (χ1n) is 10.3. The maximum absolute atomic E-state index is 13.2. The summed E-state index contributed by atoms with van der Waals surface area (Å²) in [5.41, 5.74) is 3.24. The van der Waals surface area contributed by atoms with E-state index in [0.29, 0.717) is 29.6 Å². The quantitative estimate of drug-likeness (QED) is 0.787. The molecule has 0 bridgehead atoms. The number of hydrogen-bond donors (Lipinski definition) is 1. The topological polar surface area (TPSA) is 75.2 Å². The van der Waals surface area contributed by atoms with Crippen molar-refractivity contribution < 1.29 is 9.59 Å².